The van der Waals surface area contributed by atoms with Gasteiger partial charge in [0.2, 0.25) is 0 Å². The van der Waals surface area contributed by atoms with Gasteiger partial charge in [-0.15, -0.1) is 0 Å². The number of carbonyl (C=O) groups is 1. The third-order valence-corrected chi connectivity index (χ3v) is 2.24. The lowest BCUT2D eigenvalue weighted by Gasteiger charge is -2.11. The predicted octanol–water partition coefficient (Wildman–Crippen LogP) is -0.136. The first-order chi connectivity index (χ1) is 8.22. The minimum Gasteiger partial charge on any atom is -0.479 e. The second-order valence-corrected chi connectivity index (χ2v) is 3.27. The van der Waals surface area contributed by atoms with Gasteiger partial charge < -0.3 is 20.1 Å². The smallest absolute Gasteiger partial charge is 0.334 e. The van der Waals surface area contributed by atoms with Gasteiger partial charge >= 0.3 is 5.97 Å². The number of imidazole rings is 1. The van der Waals surface area contributed by atoms with Crippen LogP contribution in [0.25, 0.3) is 11.2 Å². The molecular weight excluding hydrogens is 226 g/mol. The lowest BCUT2D eigenvalue weighted by atomic mass is 10.3. The van der Waals surface area contributed by atoms with Crippen molar-refractivity contribution in [2.45, 2.75) is 6.10 Å². The van der Waals surface area contributed by atoms with Crippen molar-refractivity contribution < 1.29 is 14.6 Å². The molecule has 2 aromatic rings. The molecule has 2 rings (SSSR count). The fourth-order valence-corrected chi connectivity index (χ4v) is 1.36. The normalized spacial score (nSPS) is 12.5. The van der Waals surface area contributed by atoms with Crippen LogP contribution in [-0.4, -0.2) is 50.8 Å². The average Bonchev–Trinajstić information content (AvgIpc) is 2.78. The fourth-order valence-electron chi connectivity index (χ4n) is 1.36. The Morgan fingerprint density at radius 3 is 3.12 bits per heavy atom. The molecule has 0 radical (unpaired) electrons. The van der Waals surface area contributed by atoms with Gasteiger partial charge in [-0.05, 0) is 0 Å². The van der Waals surface area contributed by atoms with Gasteiger partial charge in [-0.25, -0.2) is 19.7 Å². The lowest BCUT2D eigenvalue weighted by molar-refractivity contribution is -0.147. The summed E-state index contributed by atoms with van der Waals surface area (Å²) in [7, 11) is 1.34. The van der Waals surface area contributed by atoms with Crippen LogP contribution in [0.4, 0.5) is 5.82 Å². The van der Waals surface area contributed by atoms with E-state index in [0.29, 0.717) is 17.0 Å². The van der Waals surface area contributed by atoms with E-state index in [1.807, 2.05) is 0 Å². The molecule has 2 aromatic heterocycles. The summed E-state index contributed by atoms with van der Waals surface area (Å²) in [6.07, 6.45) is 1.92. The molecule has 8 heteroatoms. The molecular formula is C9H11N5O3. The van der Waals surface area contributed by atoms with Gasteiger partial charge in [0.05, 0.1) is 12.9 Å². The molecule has 0 saturated carbocycles. The predicted molar refractivity (Wildman–Crippen MR) is 58.6 cm³/mol. The Morgan fingerprint density at radius 1 is 1.59 bits per heavy atom. The monoisotopic (exact) mass is 237 g/mol. The van der Waals surface area contributed by atoms with E-state index in [0.717, 1.165) is 0 Å². The van der Waals surface area contributed by atoms with Gasteiger partial charge in [-0.2, -0.15) is 0 Å². The van der Waals surface area contributed by atoms with Crippen molar-refractivity contribution in [1.29, 1.82) is 0 Å². The number of hydrogen-bond donors (Lipinski definition) is 3. The van der Waals surface area contributed by atoms with Gasteiger partial charge in [0.1, 0.15) is 11.8 Å². The van der Waals surface area contributed by atoms with E-state index < -0.39 is 12.1 Å². The zero-order valence-electron chi connectivity index (χ0n) is 9.04. The molecule has 2 heterocycles. The summed E-state index contributed by atoms with van der Waals surface area (Å²) in [5.41, 5.74) is 1.15. The van der Waals surface area contributed by atoms with E-state index in [-0.39, 0.29) is 6.54 Å². The molecule has 0 aromatic carbocycles. The number of aliphatic carboxylic acids is 1. The highest BCUT2D eigenvalue weighted by molar-refractivity contribution is 5.82. The number of rotatable bonds is 5. The number of anilines is 1. The summed E-state index contributed by atoms with van der Waals surface area (Å²) >= 11 is 0. The first-order valence-corrected chi connectivity index (χ1v) is 4.86. The van der Waals surface area contributed by atoms with Gasteiger partial charge in [0.15, 0.2) is 17.6 Å². The molecule has 0 aliphatic rings. The number of methoxy groups -OCH3 is 1. The highest BCUT2D eigenvalue weighted by Gasteiger charge is 2.16. The van der Waals surface area contributed by atoms with Crippen LogP contribution in [0.1, 0.15) is 0 Å². The lowest BCUT2D eigenvalue weighted by Crippen LogP contribution is -2.30. The first kappa shape index (κ1) is 11.3. The fraction of sp³-hybridized carbons (Fsp3) is 0.333. The zero-order valence-corrected chi connectivity index (χ0v) is 9.04. The van der Waals surface area contributed by atoms with Gasteiger partial charge in [0.25, 0.3) is 0 Å². The molecule has 0 saturated heterocycles. The van der Waals surface area contributed by atoms with Crippen LogP contribution in [0.3, 0.4) is 0 Å². The minimum absolute atomic E-state index is 0.108. The van der Waals surface area contributed by atoms with Crippen molar-refractivity contribution in [3.05, 3.63) is 12.7 Å². The third kappa shape index (κ3) is 2.31. The van der Waals surface area contributed by atoms with Gasteiger partial charge in [-0.3, -0.25) is 0 Å². The number of nitrogens with zero attached hydrogens (tertiary/aromatic N) is 3. The molecule has 0 bridgehead atoms. The number of ether oxygens (including phenoxy) is 1. The van der Waals surface area contributed by atoms with Crippen molar-refractivity contribution in [1.82, 2.24) is 19.9 Å². The van der Waals surface area contributed by atoms with E-state index in [1.54, 1.807) is 0 Å². The standard InChI is InChI=1S/C9H11N5O3/c1-17-5(9(15)16)2-10-7-6-8(12-3-11-6)14-4-13-7/h3-5H,2H2,1H3,(H,15,16)(H2,10,11,12,13,14). The van der Waals surface area contributed by atoms with Crippen molar-refractivity contribution >= 4 is 23.0 Å². The van der Waals surface area contributed by atoms with Crippen molar-refractivity contribution in [2.75, 3.05) is 19.0 Å². The molecule has 0 aliphatic carbocycles. The maximum Gasteiger partial charge on any atom is 0.334 e. The summed E-state index contributed by atoms with van der Waals surface area (Å²) in [5, 5.41) is 11.7. The molecule has 17 heavy (non-hydrogen) atoms. The number of fused-ring (bicyclic) bond motifs is 1. The molecule has 0 amide bonds. The van der Waals surface area contributed by atoms with Crippen LogP contribution in [-0.2, 0) is 9.53 Å². The number of hydrogen-bond acceptors (Lipinski definition) is 6. The molecule has 1 unspecified atom stereocenters. The first-order valence-electron chi connectivity index (χ1n) is 4.86. The second-order valence-electron chi connectivity index (χ2n) is 3.27. The Kier molecular flexibility index (Phi) is 3.15. The Balaban J connectivity index is 2.13. The summed E-state index contributed by atoms with van der Waals surface area (Å²) in [4.78, 5) is 25.5. The second kappa shape index (κ2) is 4.74. The topological polar surface area (TPSA) is 113 Å². The summed E-state index contributed by atoms with van der Waals surface area (Å²) in [5.74, 6) is -0.536. The molecule has 1 atom stereocenters. The molecule has 0 aliphatic heterocycles. The molecule has 8 nitrogen and oxygen atoms in total. The maximum atomic E-state index is 10.7. The highest BCUT2D eigenvalue weighted by atomic mass is 16.5. The number of H-pyrrole nitrogens is 1. The van der Waals surface area contributed by atoms with Gasteiger partial charge in [-0.1, -0.05) is 0 Å². The zero-order chi connectivity index (χ0) is 12.3. The van der Waals surface area contributed by atoms with Crippen LogP contribution in [0.2, 0.25) is 0 Å². The van der Waals surface area contributed by atoms with Crippen LogP contribution in [0, 0.1) is 0 Å². The third-order valence-electron chi connectivity index (χ3n) is 2.24. The van der Waals surface area contributed by atoms with E-state index in [1.165, 1.54) is 19.8 Å². The quantitative estimate of drug-likeness (QED) is 0.663. The maximum absolute atomic E-state index is 10.7. The molecule has 90 valence electrons. The van der Waals surface area contributed by atoms with E-state index in [4.69, 9.17) is 9.84 Å². The van der Waals surface area contributed by atoms with Crippen LogP contribution in [0.15, 0.2) is 12.7 Å². The number of aromatic amines is 1. The van der Waals surface area contributed by atoms with Crippen molar-refractivity contribution in [3.8, 4) is 0 Å². The van der Waals surface area contributed by atoms with E-state index >= 15 is 0 Å². The Bertz CT molecular complexity index is 526. The summed E-state index contributed by atoms with van der Waals surface area (Å²) in [6.45, 7) is 0.108. The Morgan fingerprint density at radius 2 is 2.41 bits per heavy atom. The molecule has 0 fully saturated rings. The number of carboxylic acid groups (broad SMARTS) is 1. The van der Waals surface area contributed by atoms with Crippen LogP contribution in [0.5, 0.6) is 0 Å². The van der Waals surface area contributed by atoms with E-state index in [9.17, 15) is 4.79 Å². The Labute approximate surface area is 96.1 Å². The van der Waals surface area contributed by atoms with Crippen LogP contribution >= 0.6 is 0 Å². The van der Waals surface area contributed by atoms with Crippen LogP contribution < -0.4 is 5.32 Å². The van der Waals surface area contributed by atoms with E-state index in [2.05, 4.69) is 25.3 Å². The Hall–Kier alpha value is -2.22. The van der Waals surface area contributed by atoms with Gasteiger partial charge in [0, 0.05) is 7.11 Å². The number of aromatic nitrogens is 4. The van der Waals surface area contributed by atoms with Crippen molar-refractivity contribution in [2.24, 2.45) is 0 Å². The summed E-state index contributed by atoms with van der Waals surface area (Å²) < 4.78 is 4.80. The highest BCUT2D eigenvalue weighted by Crippen LogP contribution is 2.14. The molecule has 3 N–H and O–H groups in total. The SMILES string of the molecule is COC(CNc1ncnc2nc[nH]c12)C(=O)O. The average molecular weight is 237 g/mol. The number of nitrogens with one attached hydrogen (secondary N) is 2. The number of carboxylic acids is 1. The van der Waals surface area contributed by atoms with Crippen molar-refractivity contribution in [3.63, 3.8) is 0 Å². The molecule has 0 spiro atoms. The summed E-state index contributed by atoms with van der Waals surface area (Å²) in [6, 6.07) is 0. The largest absolute Gasteiger partial charge is 0.479 e. The minimum atomic E-state index is -1.03.